The highest BCUT2D eigenvalue weighted by Gasteiger charge is 2.36. The lowest BCUT2D eigenvalue weighted by Gasteiger charge is -2.39. The lowest BCUT2D eigenvalue weighted by atomic mass is 9.71. The monoisotopic (exact) mass is 478 g/mol. The molecule has 0 bridgehead atoms. The predicted molar refractivity (Wildman–Crippen MR) is 127 cm³/mol. The van der Waals surface area contributed by atoms with Crippen molar-refractivity contribution in [1.29, 1.82) is 0 Å². The number of pyridine rings is 1. The zero-order chi connectivity index (χ0) is 23.4. The maximum absolute atomic E-state index is 12.8. The summed E-state index contributed by atoms with van der Waals surface area (Å²) in [6.45, 7) is 6.93. The number of carbonyl (C=O) groups excluding carboxylic acids is 1. The van der Waals surface area contributed by atoms with Crippen molar-refractivity contribution in [3.8, 4) is 0 Å². The SMILES string of the molecule is CC(C)(C)C1CCC(NS(=O)(=O)c2ccc(NC(=O)NCc3cccnc3)cc2)C(Cl)C1. The molecule has 1 fully saturated rings. The maximum atomic E-state index is 12.8. The second kappa shape index (κ2) is 10.2. The third-order valence-corrected chi connectivity index (χ3v) is 7.89. The first-order valence-electron chi connectivity index (χ1n) is 10.7. The average Bonchev–Trinajstić information content (AvgIpc) is 2.74. The van der Waals surface area contributed by atoms with Gasteiger partial charge in [0.2, 0.25) is 10.0 Å². The van der Waals surface area contributed by atoms with Gasteiger partial charge in [0.15, 0.2) is 0 Å². The van der Waals surface area contributed by atoms with E-state index in [1.54, 1.807) is 30.6 Å². The molecule has 1 aliphatic rings. The van der Waals surface area contributed by atoms with Gasteiger partial charge in [0.05, 0.1) is 10.3 Å². The van der Waals surface area contributed by atoms with Crippen molar-refractivity contribution in [2.24, 2.45) is 11.3 Å². The molecular formula is C23H31ClN4O3S. The Kier molecular flexibility index (Phi) is 7.79. The molecule has 32 heavy (non-hydrogen) atoms. The summed E-state index contributed by atoms with van der Waals surface area (Å²) >= 11 is 6.55. The van der Waals surface area contributed by atoms with E-state index in [-0.39, 0.29) is 27.8 Å². The number of carbonyl (C=O) groups is 1. The Morgan fingerprint density at radius 2 is 1.88 bits per heavy atom. The van der Waals surface area contributed by atoms with Crippen molar-refractivity contribution < 1.29 is 13.2 Å². The Hall–Kier alpha value is -2.16. The van der Waals surface area contributed by atoms with Crippen LogP contribution in [0.4, 0.5) is 10.5 Å². The maximum Gasteiger partial charge on any atom is 0.319 e. The second-order valence-corrected chi connectivity index (χ2v) is 11.6. The van der Waals surface area contributed by atoms with Gasteiger partial charge in [-0.2, -0.15) is 0 Å². The summed E-state index contributed by atoms with van der Waals surface area (Å²) in [5.74, 6) is 0.473. The molecule has 2 amide bonds. The number of anilines is 1. The van der Waals surface area contributed by atoms with Crippen LogP contribution in [0.15, 0.2) is 53.7 Å². The number of hydrogen-bond acceptors (Lipinski definition) is 4. The highest BCUT2D eigenvalue weighted by molar-refractivity contribution is 7.89. The van der Waals surface area contributed by atoms with Crippen LogP contribution >= 0.6 is 11.6 Å². The van der Waals surface area contributed by atoms with Crippen LogP contribution in [0.2, 0.25) is 0 Å². The Bertz CT molecular complexity index is 1010. The number of urea groups is 1. The van der Waals surface area contributed by atoms with Gasteiger partial charge in [0, 0.05) is 30.7 Å². The zero-order valence-electron chi connectivity index (χ0n) is 18.6. The van der Waals surface area contributed by atoms with E-state index in [4.69, 9.17) is 11.6 Å². The highest BCUT2D eigenvalue weighted by atomic mass is 35.5. The molecule has 9 heteroatoms. The molecular weight excluding hydrogens is 448 g/mol. The van der Waals surface area contributed by atoms with Gasteiger partial charge in [-0.05, 0) is 66.5 Å². The van der Waals surface area contributed by atoms with E-state index in [1.165, 1.54) is 12.1 Å². The molecule has 0 saturated heterocycles. The molecule has 3 N–H and O–H groups in total. The minimum absolute atomic E-state index is 0.139. The van der Waals surface area contributed by atoms with Gasteiger partial charge in [-0.3, -0.25) is 4.98 Å². The molecule has 0 spiro atoms. The van der Waals surface area contributed by atoms with Crippen molar-refractivity contribution in [3.63, 3.8) is 0 Å². The van der Waals surface area contributed by atoms with E-state index in [1.807, 2.05) is 6.07 Å². The Balaban J connectivity index is 1.54. The van der Waals surface area contributed by atoms with Crippen molar-refractivity contribution in [2.75, 3.05) is 5.32 Å². The third-order valence-electron chi connectivity index (χ3n) is 5.90. The van der Waals surface area contributed by atoms with Gasteiger partial charge in [-0.15, -0.1) is 11.6 Å². The van der Waals surface area contributed by atoms with Crippen LogP contribution in [-0.4, -0.2) is 30.9 Å². The summed E-state index contributed by atoms with van der Waals surface area (Å²) in [7, 11) is -3.71. The fourth-order valence-electron chi connectivity index (χ4n) is 3.88. The fourth-order valence-corrected chi connectivity index (χ4v) is 5.67. The third kappa shape index (κ3) is 6.67. The second-order valence-electron chi connectivity index (χ2n) is 9.31. The van der Waals surface area contributed by atoms with Crippen LogP contribution in [0.3, 0.4) is 0 Å². The molecule has 2 aromatic rings. The molecule has 3 rings (SSSR count). The topological polar surface area (TPSA) is 100 Å². The summed E-state index contributed by atoms with van der Waals surface area (Å²) < 4.78 is 28.5. The standard InChI is InChI=1S/C23H31ClN4O3S/c1-23(2,3)17-6-11-21(20(24)13-17)28-32(30,31)19-9-7-18(8-10-19)27-22(29)26-15-16-5-4-12-25-14-16/h4-5,7-10,12,14,17,20-21,28H,6,11,13,15H2,1-3H3,(H2,26,27,29). The molecule has 1 saturated carbocycles. The predicted octanol–water partition coefficient (Wildman–Crippen LogP) is 4.50. The summed E-state index contributed by atoms with van der Waals surface area (Å²) in [6.07, 6.45) is 5.78. The molecule has 1 aromatic heterocycles. The number of sulfonamides is 1. The number of hydrogen-bond donors (Lipinski definition) is 3. The first-order valence-corrected chi connectivity index (χ1v) is 12.7. The summed E-state index contributed by atoms with van der Waals surface area (Å²) in [4.78, 5) is 16.2. The Morgan fingerprint density at radius 1 is 1.16 bits per heavy atom. The number of benzene rings is 1. The van der Waals surface area contributed by atoms with Crippen LogP contribution in [0.25, 0.3) is 0 Å². The van der Waals surface area contributed by atoms with Gasteiger partial charge < -0.3 is 10.6 Å². The molecule has 1 aromatic carbocycles. The van der Waals surface area contributed by atoms with Crippen LogP contribution in [0.5, 0.6) is 0 Å². The normalized spacial score (nSPS) is 21.7. The van der Waals surface area contributed by atoms with E-state index in [0.29, 0.717) is 24.6 Å². The van der Waals surface area contributed by atoms with Gasteiger partial charge in [0.1, 0.15) is 0 Å². The van der Waals surface area contributed by atoms with Gasteiger partial charge in [-0.1, -0.05) is 26.8 Å². The van der Waals surface area contributed by atoms with Crippen LogP contribution < -0.4 is 15.4 Å². The quantitative estimate of drug-likeness (QED) is 0.532. The highest BCUT2D eigenvalue weighted by Crippen LogP contribution is 2.39. The number of amides is 2. The number of rotatable bonds is 6. The van der Waals surface area contributed by atoms with Crippen LogP contribution in [0.1, 0.15) is 45.6 Å². The van der Waals surface area contributed by atoms with E-state index in [9.17, 15) is 13.2 Å². The average molecular weight is 479 g/mol. The number of alkyl halides is 1. The molecule has 0 aliphatic heterocycles. The van der Waals surface area contributed by atoms with Gasteiger partial charge >= 0.3 is 6.03 Å². The molecule has 7 nitrogen and oxygen atoms in total. The molecule has 0 radical (unpaired) electrons. The largest absolute Gasteiger partial charge is 0.334 e. The molecule has 1 aliphatic carbocycles. The first-order chi connectivity index (χ1) is 15.0. The number of halogens is 1. The molecule has 3 atom stereocenters. The van der Waals surface area contributed by atoms with Crippen molar-refractivity contribution in [1.82, 2.24) is 15.0 Å². The van der Waals surface area contributed by atoms with Crippen molar-refractivity contribution in [2.45, 2.75) is 62.9 Å². The van der Waals surface area contributed by atoms with Crippen LogP contribution in [0, 0.1) is 11.3 Å². The lowest BCUT2D eigenvalue weighted by Crippen LogP contribution is -2.46. The number of nitrogens with one attached hydrogen (secondary N) is 3. The van der Waals surface area contributed by atoms with Gasteiger partial charge in [0.25, 0.3) is 0 Å². The molecule has 3 unspecified atom stereocenters. The molecule has 174 valence electrons. The number of aromatic nitrogens is 1. The summed E-state index contributed by atoms with van der Waals surface area (Å²) in [5, 5.41) is 5.18. The Labute approximate surface area is 195 Å². The van der Waals surface area contributed by atoms with E-state index in [2.05, 4.69) is 41.1 Å². The number of nitrogens with zero attached hydrogens (tertiary/aromatic N) is 1. The van der Waals surface area contributed by atoms with E-state index in [0.717, 1.165) is 18.4 Å². The molecule has 1 heterocycles. The zero-order valence-corrected chi connectivity index (χ0v) is 20.2. The van der Waals surface area contributed by atoms with Crippen molar-refractivity contribution in [3.05, 3.63) is 54.4 Å². The van der Waals surface area contributed by atoms with Crippen LogP contribution in [-0.2, 0) is 16.6 Å². The van der Waals surface area contributed by atoms with Gasteiger partial charge in [-0.25, -0.2) is 17.9 Å². The van der Waals surface area contributed by atoms with E-state index < -0.39 is 10.0 Å². The first kappa shape index (κ1) is 24.5. The minimum atomic E-state index is -3.71. The smallest absolute Gasteiger partial charge is 0.319 e. The fraction of sp³-hybridized carbons (Fsp3) is 0.478. The summed E-state index contributed by atoms with van der Waals surface area (Å²) in [6, 6.07) is 9.05. The lowest BCUT2D eigenvalue weighted by molar-refractivity contribution is 0.169. The van der Waals surface area contributed by atoms with Crippen molar-refractivity contribution >= 4 is 33.3 Å². The van der Waals surface area contributed by atoms with E-state index >= 15 is 0 Å². The minimum Gasteiger partial charge on any atom is -0.334 e. The Morgan fingerprint density at radius 3 is 2.47 bits per heavy atom. The summed E-state index contributed by atoms with van der Waals surface area (Å²) in [5.41, 5.74) is 1.53.